The predicted molar refractivity (Wildman–Crippen MR) is 25.9 cm³/mol. The van der Waals surface area contributed by atoms with Crippen LogP contribution < -0.4 is 5.73 Å². The summed E-state index contributed by atoms with van der Waals surface area (Å²) in [7, 11) is 0. The van der Waals surface area contributed by atoms with Crippen LogP contribution in [0.25, 0.3) is 0 Å². The van der Waals surface area contributed by atoms with E-state index in [9.17, 15) is 0 Å². The van der Waals surface area contributed by atoms with Gasteiger partial charge in [0, 0.05) is 0 Å². The molecule has 0 aromatic heterocycles. The molecule has 2 N–H and O–H groups in total. The molecule has 0 saturated heterocycles. The fraction of sp³-hybridized carbons (Fsp3) is 0.667. The van der Waals surface area contributed by atoms with Gasteiger partial charge in [0.1, 0.15) is 6.34 Å². The molecule has 0 saturated carbocycles. The van der Waals surface area contributed by atoms with E-state index in [-0.39, 0.29) is 0 Å². The molecule has 0 fully saturated rings. The van der Waals surface area contributed by atoms with E-state index < -0.39 is 5.79 Å². The van der Waals surface area contributed by atoms with Crippen molar-refractivity contribution < 1.29 is 0 Å². The van der Waals surface area contributed by atoms with Crippen LogP contribution in [0.3, 0.4) is 0 Å². The van der Waals surface area contributed by atoms with Crippen LogP contribution in [0.15, 0.2) is 15.2 Å². The van der Waals surface area contributed by atoms with Crippen molar-refractivity contribution >= 4 is 6.34 Å². The van der Waals surface area contributed by atoms with Crippen LogP contribution in [0.4, 0.5) is 0 Å². The topological polar surface area (TPSA) is 63.1 Å². The number of nitrogens with two attached hydrogens (primary N) is 1. The Morgan fingerprint density at radius 1 is 1.71 bits per heavy atom. The normalized spacial score (nSPS) is 37.4. The molecule has 0 aromatic carbocycles. The van der Waals surface area contributed by atoms with Gasteiger partial charge in [0.25, 0.3) is 0 Å². The lowest BCUT2D eigenvalue weighted by Crippen LogP contribution is -2.28. The maximum absolute atomic E-state index is 5.32. The predicted octanol–water partition coefficient (Wildman–Crippen LogP) is 0.113. The molecule has 0 radical (unpaired) electrons. The van der Waals surface area contributed by atoms with Gasteiger partial charge in [-0.05, 0) is 6.92 Å². The van der Waals surface area contributed by atoms with Crippen LogP contribution >= 0.6 is 0 Å². The van der Waals surface area contributed by atoms with Gasteiger partial charge < -0.3 is 0 Å². The molecular formula is C3H6N4. The Bertz CT molecular complexity index is 109. The molecule has 7 heavy (non-hydrogen) atoms. The zero-order valence-corrected chi connectivity index (χ0v) is 4.00. The number of hydrogen-bond acceptors (Lipinski definition) is 4. The first-order valence-electron chi connectivity index (χ1n) is 1.95. The first-order valence-corrected chi connectivity index (χ1v) is 1.95. The minimum absolute atomic E-state index is 0.778. The van der Waals surface area contributed by atoms with Crippen molar-refractivity contribution in [2.75, 3.05) is 0 Å². The fourth-order valence-corrected chi connectivity index (χ4v) is 0.311. The van der Waals surface area contributed by atoms with Gasteiger partial charge in [-0.25, -0.2) is 4.99 Å². The number of azo groups is 1. The highest BCUT2D eigenvalue weighted by molar-refractivity contribution is 5.56. The van der Waals surface area contributed by atoms with E-state index in [2.05, 4.69) is 15.2 Å². The van der Waals surface area contributed by atoms with E-state index in [0.717, 1.165) is 0 Å². The smallest absolute Gasteiger partial charge is 0.220 e. The number of hydrogen-bond donors (Lipinski definition) is 1. The van der Waals surface area contributed by atoms with Gasteiger partial charge in [0.05, 0.1) is 0 Å². The van der Waals surface area contributed by atoms with Gasteiger partial charge in [0.2, 0.25) is 5.79 Å². The Morgan fingerprint density at radius 2 is 2.43 bits per heavy atom. The third kappa shape index (κ3) is 0.806. The largest absolute Gasteiger partial charge is 0.287 e. The van der Waals surface area contributed by atoms with E-state index in [0.29, 0.717) is 0 Å². The van der Waals surface area contributed by atoms with Crippen molar-refractivity contribution in [2.24, 2.45) is 21.0 Å². The minimum atomic E-state index is -0.778. The second-order valence-corrected chi connectivity index (χ2v) is 1.55. The Labute approximate surface area is 41.1 Å². The summed E-state index contributed by atoms with van der Waals surface area (Å²) >= 11 is 0. The highest BCUT2D eigenvalue weighted by Gasteiger charge is 2.15. The Kier molecular flexibility index (Phi) is 0.689. The molecule has 1 rings (SSSR count). The van der Waals surface area contributed by atoms with Crippen LogP contribution in [-0.4, -0.2) is 12.1 Å². The second kappa shape index (κ2) is 1.10. The van der Waals surface area contributed by atoms with Crippen molar-refractivity contribution in [3.05, 3.63) is 0 Å². The van der Waals surface area contributed by atoms with E-state index in [4.69, 9.17) is 5.73 Å². The van der Waals surface area contributed by atoms with Gasteiger partial charge in [-0.2, -0.15) is 0 Å². The maximum Gasteiger partial charge on any atom is 0.220 e. The first kappa shape index (κ1) is 4.39. The summed E-state index contributed by atoms with van der Waals surface area (Å²) < 4.78 is 0. The molecule has 4 heteroatoms. The average molecular weight is 98.1 g/mol. The first-order chi connectivity index (χ1) is 3.21. The summed E-state index contributed by atoms with van der Waals surface area (Å²) in [5.41, 5.74) is 5.32. The zero-order valence-electron chi connectivity index (χ0n) is 4.00. The SMILES string of the molecule is CC1(N)N=CN=N1. The highest BCUT2D eigenvalue weighted by Crippen LogP contribution is 2.06. The number of rotatable bonds is 0. The van der Waals surface area contributed by atoms with Crippen molar-refractivity contribution in [3.63, 3.8) is 0 Å². The minimum Gasteiger partial charge on any atom is -0.287 e. The number of aliphatic imine (C=N–C) groups is 1. The molecule has 1 heterocycles. The molecule has 0 spiro atoms. The summed E-state index contributed by atoms with van der Waals surface area (Å²) in [6, 6.07) is 0. The van der Waals surface area contributed by atoms with E-state index in [1.165, 1.54) is 6.34 Å². The molecule has 0 bridgehead atoms. The van der Waals surface area contributed by atoms with Crippen LogP contribution in [0.2, 0.25) is 0 Å². The maximum atomic E-state index is 5.32. The van der Waals surface area contributed by atoms with Crippen molar-refractivity contribution in [3.8, 4) is 0 Å². The van der Waals surface area contributed by atoms with Gasteiger partial charge in [0.15, 0.2) is 0 Å². The Hall–Kier alpha value is -0.770. The fourth-order valence-electron chi connectivity index (χ4n) is 0.311. The van der Waals surface area contributed by atoms with Gasteiger partial charge in [-0.15, -0.1) is 10.2 Å². The monoisotopic (exact) mass is 98.1 g/mol. The van der Waals surface area contributed by atoms with Crippen LogP contribution in [0.1, 0.15) is 6.92 Å². The summed E-state index contributed by atoms with van der Waals surface area (Å²) in [4.78, 5) is 3.69. The Balaban J connectivity index is 2.77. The Morgan fingerprint density at radius 3 is 2.57 bits per heavy atom. The molecule has 1 aliphatic rings. The van der Waals surface area contributed by atoms with Crippen LogP contribution in [-0.2, 0) is 0 Å². The molecule has 0 aliphatic carbocycles. The molecule has 4 nitrogen and oxygen atoms in total. The van der Waals surface area contributed by atoms with Gasteiger partial charge >= 0.3 is 0 Å². The van der Waals surface area contributed by atoms with Gasteiger partial charge in [-0.3, -0.25) is 5.73 Å². The molecule has 38 valence electrons. The highest BCUT2D eigenvalue weighted by atomic mass is 15.4. The molecule has 1 unspecified atom stereocenters. The quantitative estimate of drug-likeness (QED) is 0.459. The van der Waals surface area contributed by atoms with E-state index >= 15 is 0 Å². The average Bonchev–Trinajstić information content (AvgIpc) is 1.84. The van der Waals surface area contributed by atoms with E-state index in [1.807, 2.05) is 0 Å². The molecule has 1 atom stereocenters. The standard InChI is InChI=1S/C3H6N4/c1-3(4)5-2-6-7-3/h2H,4H2,1H3. The summed E-state index contributed by atoms with van der Waals surface area (Å²) in [5.74, 6) is -0.778. The summed E-state index contributed by atoms with van der Waals surface area (Å²) in [6.07, 6.45) is 1.35. The number of nitrogens with zero attached hydrogens (tertiary/aromatic N) is 3. The lowest BCUT2D eigenvalue weighted by atomic mass is 10.5. The zero-order chi connectivity index (χ0) is 5.33. The van der Waals surface area contributed by atoms with Gasteiger partial charge in [-0.1, -0.05) is 0 Å². The van der Waals surface area contributed by atoms with Crippen molar-refractivity contribution in [1.29, 1.82) is 0 Å². The summed E-state index contributed by atoms with van der Waals surface area (Å²) in [5, 5.41) is 6.99. The molecular weight excluding hydrogens is 92.1 g/mol. The van der Waals surface area contributed by atoms with Crippen LogP contribution in [0.5, 0.6) is 0 Å². The van der Waals surface area contributed by atoms with Crippen LogP contribution in [0, 0.1) is 0 Å². The lowest BCUT2D eigenvalue weighted by molar-refractivity contribution is 0.519. The lowest BCUT2D eigenvalue weighted by Gasteiger charge is -2.03. The molecule has 0 aromatic rings. The van der Waals surface area contributed by atoms with Crippen molar-refractivity contribution in [1.82, 2.24) is 0 Å². The third-order valence-electron chi connectivity index (χ3n) is 0.631. The van der Waals surface area contributed by atoms with Crippen molar-refractivity contribution in [2.45, 2.75) is 12.7 Å². The molecule has 0 amide bonds. The summed E-state index contributed by atoms with van der Waals surface area (Å²) in [6.45, 7) is 1.68. The molecule has 1 aliphatic heterocycles. The van der Waals surface area contributed by atoms with E-state index in [1.54, 1.807) is 6.92 Å². The third-order valence-corrected chi connectivity index (χ3v) is 0.631. The second-order valence-electron chi connectivity index (χ2n) is 1.55.